The molecule has 0 heterocycles. The Balaban J connectivity index is 2.81. The largest absolute Gasteiger partial charge is 0.422 e. The molecule has 14 heavy (non-hydrogen) atoms. The number of ketones is 1. The van der Waals surface area contributed by atoms with Gasteiger partial charge < -0.3 is 4.79 Å². The van der Waals surface area contributed by atoms with Gasteiger partial charge >= 0.3 is 6.18 Å². The lowest BCUT2D eigenvalue weighted by Gasteiger charge is -2.29. The van der Waals surface area contributed by atoms with Gasteiger partial charge in [-0.3, -0.25) is 0 Å². The average Bonchev–Trinajstić information content (AvgIpc) is 2.31. The molecule has 1 nitrogen and oxygen atoms in total. The number of alkyl halides is 4. The Hall–Kier alpha value is -0.610. The second kappa shape index (κ2) is 3.51. The molecule has 0 aromatic heterocycles. The van der Waals surface area contributed by atoms with Gasteiger partial charge in [0, 0.05) is 12.3 Å². The molecule has 0 amide bonds. The first kappa shape index (κ1) is 11.5. The Bertz CT molecular complexity index is 235. The normalized spacial score (nSPS) is 33.4. The molecule has 0 aromatic rings. The molecular formula is C9H12F4O. The van der Waals surface area contributed by atoms with E-state index in [1.165, 1.54) is 6.92 Å². The lowest BCUT2D eigenvalue weighted by atomic mass is 9.88. The number of carbonyl (C=O) groups is 1. The third-order valence-electron chi connectivity index (χ3n) is 2.75. The van der Waals surface area contributed by atoms with Crippen LogP contribution >= 0.6 is 0 Å². The summed E-state index contributed by atoms with van der Waals surface area (Å²) in [5.41, 5.74) is -3.14. The zero-order chi connectivity index (χ0) is 11.0. The first-order chi connectivity index (χ1) is 6.27. The lowest BCUT2D eigenvalue weighted by molar-refractivity contribution is -0.242. The van der Waals surface area contributed by atoms with Crippen molar-refractivity contribution in [1.82, 2.24) is 0 Å². The maximum atomic E-state index is 13.6. The molecule has 1 aliphatic carbocycles. The number of hydrogen-bond donors (Lipinski definition) is 0. The highest BCUT2D eigenvalue weighted by atomic mass is 19.4. The molecular weight excluding hydrogens is 200 g/mol. The second-order valence-electron chi connectivity index (χ2n) is 3.86. The topological polar surface area (TPSA) is 17.1 Å². The molecule has 0 saturated heterocycles. The summed E-state index contributed by atoms with van der Waals surface area (Å²) in [6.45, 7) is 1.19. The van der Waals surface area contributed by atoms with E-state index in [0.717, 1.165) is 0 Å². The smallest absolute Gasteiger partial charge is 0.300 e. The standard InChI is InChI=1S/C9H12F4O/c1-6(14)5-7-3-2-4-8(7,10)9(11,12)13/h7H,2-5H2,1H3. The Morgan fingerprint density at radius 2 is 2.07 bits per heavy atom. The van der Waals surface area contributed by atoms with E-state index in [1.807, 2.05) is 0 Å². The van der Waals surface area contributed by atoms with Crippen LogP contribution in [0.5, 0.6) is 0 Å². The van der Waals surface area contributed by atoms with Crippen LogP contribution in [0.4, 0.5) is 17.6 Å². The fraction of sp³-hybridized carbons (Fsp3) is 0.889. The number of rotatable bonds is 2. The molecule has 0 aromatic carbocycles. The summed E-state index contributed by atoms with van der Waals surface area (Å²) >= 11 is 0. The molecule has 0 N–H and O–H groups in total. The fourth-order valence-electron chi connectivity index (χ4n) is 2.02. The molecule has 0 spiro atoms. The fourth-order valence-corrected chi connectivity index (χ4v) is 2.02. The van der Waals surface area contributed by atoms with E-state index in [0.29, 0.717) is 0 Å². The van der Waals surface area contributed by atoms with Gasteiger partial charge in [-0.1, -0.05) is 0 Å². The Morgan fingerprint density at radius 1 is 1.50 bits per heavy atom. The van der Waals surface area contributed by atoms with Crippen LogP contribution in [0.2, 0.25) is 0 Å². The maximum absolute atomic E-state index is 13.6. The Kier molecular flexibility index (Phi) is 2.88. The SMILES string of the molecule is CC(=O)CC1CCCC1(F)C(F)(F)F. The summed E-state index contributed by atoms with van der Waals surface area (Å²) in [7, 11) is 0. The zero-order valence-corrected chi connectivity index (χ0v) is 7.83. The predicted molar refractivity (Wildman–Crippen MR) is 42.5 cm³/mol. The number of Topliss-reactive ketones (excluding diaryl/α,β-unsaturated/α-hetero) is 1. The maximum Gasteiger partial charge on any atom is 0.422 e. The van der Waals surface area contributed by atoms with Crippen LogP contribution in [0.1, 0.15) is 32.6 Å². The molecule has 2 atom stereocenters. The highest BCUT2D eigenvalue weighted by Crippen LogP contribution is 2.50. The first-order valence-corrected chi connectivity index (χ1v) is 4.52. The Morgan fingerprint density at radius 3 is 2.50 bits per heavy atom. The number of hydrogen-bond acceptors (Lipinski definition) is 1. The van der Waals surface area contributed by atoms with Crippen LogP contribution in [-0.4, -0.2) is 17.6 Å². The monoisotopic (exact) mass is 212 g/mol. The van der Waals surface area contributed by atoms with Crippen molar-refractivity contribution in [2.45, 2.75) is 44.5 Å². The van der Waals surface area contributed by atoms with Crippen molar-refractivity contribution < 1.29 is 22.4 Å². The van der Waals surface area contributed by atoms with Crippen LogP contribution in [0, 0.1) is 5.92 Å². The van der Waals surface area contributed by atoms with Gasteiger partial charge in [-0.15, -0.1) is 0 Å². The van der Waals surface area contributed by atoms with Crippen molar-refractivity contribution in [2.24, 2.45) is 5.92 Å². The molecule has 1 aliphatic rings. The third kappa shape index (κ3) is 1.91. The Labute approximate surface area is 79.5 Å². The van der Waals surface area contributed by atoms with E-state index < -0.39 is 24.2 Å². The van der Waals surface area contributed by atoms with E-state index in [2.05, 4.69) is 0 Å². The minimum absolute atomic E-state index is 0.148. The molecule has 5 heteroatoms. The van der Waals surface area contributed by atoms with Gasteiger partial charge in [0.15, 0.2) is 0 Å². The predicted octanol–water partition coefficient (Wildman–Crippen LogP) is 3.04. The summed E-state index contributed by atoms with van der Waals surface area (Å²) in [6, 6.07) is 0. The van der Waals surface area contributed by atoms with Crippen molar-refractivity contribution in [3.8, 4) is 0 Å². The van der Waals surface area contributed by atoms with E-state index in [9.17, 15) is 22.4 Å². The first-order valence-electron chi connectivity index (χ1n) is 4.52. The van der Waals surface area contributed by atoms with Crippen molar-refractivity contribution in [3.05, 3.63) is 0 Å². The summed E-state index contributed by atoms with van der Waals surface area (Å²) < 4.78 is 50.6. The minimum atomic E-state index is -4.84. The van der Waals surface area contributed by atoms with Crippen LogP contribution < -0.4 is 0 Å². The van der Waals surface area contributed by atoms with Gasteiger partial charge in [0.2, 0.25) is 5.67 Å². The van der Waals surface area contributed by atoms with Gasteiger partial charge in [-0.05, 0) is 26.2 Å². The van der Waals surface area contributed by atoms with E-state index >= 15 is 0 Å². The van der Waals surface area contributed by atoms with Crippen LogP contribution in [-0.2, 0) is 4.79 Å². The molecule has 1 rings (SSSR count). The highest BCUT2D eigenvalue weighted by Gasteiger charge is 2.62. The quantitative estimate of drug-likeness (QED) is 0.643. The van der Waals surface area contributed by atoms with E-state index in [1.54, 1.807) is 0 Å². The summed E-state index contributed by atoms with van der Waals surface area (Å²) in [5, 5.41) is 0. The van der Waals surface area contributed by atoms with E-state index in [4.69, 9.17) is 0 Å². The molecule has 82 valence electrons. The summed E-state index contributed by atoms with van der Waals surface area (Å²) in [6.07, 6.45) is -5.31. The average molecular weight is 212 g/mol. The molecule has 2 unspecified atom stereocenters. The zero-order valence-electron chi connectivity index (χ0n) is 7.83. The summed E-state index contributed by atoms with van der Waals surface area (Å²) in [4.78, 5) is 10.7. The van der Waals surface area contributed by atoms with Crippen LogP contribution in [0.25, 0.3) is 0 Å². The van der Waals surface area contributed by atoms with Crippen LogP contribution in [0.15, 0.2) is 0 Å². The molecule has 1 saturated carbocycles. The third-order valence-corrected chi connectivity index (χ3v) is 2.75. The molecule has 0 aliphatic heterocycles. The van der Waals surface area contributed by atoms with E-state index in [-0.39, 0.29) is 25.0 Å². The van der Waals surface area contributed by atoms with Gasteiger partial charge in [0.1, 0.15) is 5.78 Å². The lowest BCUT2D eigenvalue weighted by Crippen LogP contribution is -2.44. The molecule has 1 fully saturated rings. The van der Waals surface area contributed by atoms with Gasteiger partial charge in [-0.25, -0.2) is 4.39 Å². The van der Waals surface area contributed by atoms with Crippen molar-refractivity contribution in [2.75, 3.05) is 0 Å². The number of halogens is 4. The van der Waals surface area contributed by atoms with Gasteiger partial charge in [-0.2, -0.15) is 13.2 Å². The molecule has 0 bridgehead atoms. The second-order valence-corrected chi connectivity index (χ2v) is 3.86. The summed E-state index contributed by atoms with van der Waals surface area (Å²) in [5.74, 6) is -1.57. The number of carbonyl (C=O) groups excluding carboxylic acids is 1. The van der Waals surface area contributed by atoms with Crippen molar-refractivity contribution >= 4 is 5.78 Å². The molecule has 0 radical (unpaired) electrons. The van der Waals surface area contributed by atoms with Crippen LogP contribution in [0.3, 0.4) is 0 Å². The van der Waals surface area contributed by atoms with Gasteiger partial charge in [0.25, 0.3) is 0 Å². The van der Waals surface area contributed by atoms with Gasteiger partial charge in [0.05, 0.1) is 0 Å². The minimum Gasteiger partial charge on any atom is -0.300 e. The highest BCUT2D eigenvalue weighted by molar-refractivity contribution is 5.75. The van der Waals surface area contributed by atoms with Crippen molar-refractivity contribution in [3.63, 3.8) is 0 Å². The van der Waals surface area contributed by atoms with Crippen molar-refractivity contribution in [1.29, 1.82) is 0 Å².